The van der Waals surface area contributed by atoms with E-state index in [4.69, 9.17) is 5.73 Å². The molecule has 2 unspecified atom stereocenters. The number of hydrogen-bond donors (Lipinski definition) is 1. The summed E-state index contributed by atoms with van der Waals surface area (Å²) in [5, 5.41) is 0. The molecule has 0 spiro atoms. The third-order valence-corrected chi connectivity index (χ3v) is 2.86. The highest BCUT2D eigenvalue weighted by Crippen LogP contribution is 2.34. The van der Waals surface area contributed by atoms with Crippen LogP contribution in [0, 0.1) is 5.41 Å². The summed E-state index contributed by atoms with van der Waals surface area (Å²) in [6, 6.07) is 0.121. The first-order valence-electron chi connectivity index (χ1n) is 5.20. The van der Waals surface area contributed by atoms with Crippen LogP contribution < -0.4 is 5.73 Å². The molecule has 0 aromatic carbocycles. The fourth-order valence-corrected chi connectivity index (χ4v) is 1.99. The molecule has 78 valence electrons. The van der Waals surface area contributed by atoms with Crippen LogP contribution in [0.25, 0.3) is 0 Å². The van der Waals surface area contributed by atoms with Crippen molar-refractivity contribution in [1.29, 1.82) is 0 Å². The number of allylic oxidation sites excluding steroid dienone is 4. The summed E-state index contributed by atoms with van der Waals surface area (Å²) in [7, 11) is 0. The fourth-order valence-electron chi connectivity index (χ4n) is 1.99. The molecule has 2 N–H and O–H groups in total. The Balaban J connectivity index is 2.68. The van der Waals surface area contributed by atoms with Crippen LogP contribution in [0.15, 0.2) is 36.0 Å². The van der Waals surface area contributed by atoms with Gasteiger partial charge in [-0.05, 0) is 32.1 Å². The van der Waals surface area contributed by atoms with Crippen LogP contribution in [0.5, 0.6) is 0 Å². The highest BCUT2D eigenvalue weighted by atomic mass is 14.6. The van der Waals surface area contributed by atoms with Crippen LogP contribution in [0.2, 0.25) is 0 Å². The van der Waals surface area contributed by atoms with E-state index in [-0.39, 0.29) is 11.5 Å². The highest BCUT2D eigenvalue weighted by molar-refractivity contribution is 5.25. The molecule has 0 radical (unpaired) electrons. The SMILES string of the molecule is C=C(C)C(N)CC1(C)C=C(C)C=CC1. The van der Waals surface area contributed by atoms with Crippen LogP contribution >= 0.6 is 0 Å². The van der Waals surface area contributed by atoms with E-state index in [1.54, 1.807) is 0 Å². The predicted octanol–water partition coefficient (Wildman–Crippen LogP) is 3.19. The van der Waals surface area contributed by atoms with Gasteiger partial charge in [-0.15, -0.1) is 0 Å². The lowest BCUT2D eigenvalue weighted by atomic mass is 9.76. The fraction of sp³-hybridized carbons (Fsp3) is 0.538. The minimum absolute atomic E-state index is 0.121. The lowest BCUT2D eigenvalue weighted by Gasteiger charge is -2.31. The first-order valence-corrected chi connectivity index (χ1v) is 5.20. The molecule has 1 rings (SSSR count). The quantitative estimate of drug-likeness (QED) is 0.681. The van der Waals surface area contributed by atoms with Crippen molar-refractivity contribution in [2.24, 2.45) is 11.1 Å². The zero-order valence-electron chi connectivity index (χ0n) is 9.51. The van der Waals surface area contributed by atoms with E-state index < -0.39 is 0 Å². The van der Waals surface area contributed by atoms with Gasteiger partial charge in [0.15, 0.2) is 0 Å². The predicted molar refractivity (Wildman–Crippen MR) is 63.0 cm³/mol. The van der Waals surface area contributed by atoms with Crippen LogP contribution in [-0.2, 0) is 0 Å². The Hall–Kier alpha value is -0.820. The molecule has 1 heteroatoms. The van der Waals surface area contributed by atoms with Gasteiger partial charge in [0.2, 0.25) is 0 Å². The van der Waals surface area contributed by atoms with E-state index in [1.165, 1.54) is 5.57 Å². The number of rotatable bonds is 3. The summed E-state index contributed by atoms with van der Waals surface area (Å²) in [6.45, 7) is 10.3. The zero-order valence-corrected chi connectivity index (χ0v) is 9.51. The molecular weight excluding hydrogens is 170 g/mol. The van der Waals surface area contributed by atoms with Crippen molar-refractivity contribution in [3.63, 3.8) is 0 Å². The summed E-state index contributed by atoms with van der Waals surface area (Å²) in [4.78, 5) is 0. The molecule has 14 heavy (non-hydrogen) atoms. The van der Waals surface area contributed by atoms with Gasteiger partial charge in [0.05, 0.1) is 0 Å². The van der Waals surface area contributed by atoms with Gasteiger partial charge in [0.1, 0.15) is 0 Å². The van der Waals surface area contributed by atoms with E-state index in [2.05, 4.69) is 38.7 Å². The molecule has 0 aromatic rings. The van der Waals surface area contributed by atoms with Crippen LogP contribution in [0.3, 0.4) is 0 Å². The van der Waals surface area contributed by atoms with Crippen LogP contribution in [0.1, 0.15) is 33.6 Å². The average molecular weight is 191 g/mol. The van der Waals surface area contributed by atoms with Crippen molar-refractivity contribution in [1.82, 2.24) is 0 Å². The van der Waals surface area contributed by atoms with Gasteiger partial charge in [0, 0.05) is 6.04 Å². The Morgan fingerprint density at radius 1 is 1.71 bits per heavy atom. The first-order chi connectivity index (χ1) is 6.43. The van der Waals surface area contributed by atoms with E-state index >= 15 is 0 Å². The molecule has 1 nitrogen and oxygen atoms in total. The molecule has 0 saturated heterocycles. The molecule has 0 fully saturated rings. The molecular formula is C13H21N. The number of nitrogens with two attached hydrogens (primary N) is 1. The second kappa shape index (κ2) is 4.14. The van der Waals surface area contributed by atoms with Gasteiger partial charge in [-0.1, -0.05) is 42.9 Å². The van der Waals surface area contributed by atoms with Gasteiger partial charge in [-0.2, -0.15) is 0 Å². The summed E-state index contributed by atoms with van der Waals surface area (Å²) in [5.74, 6) is 0. The molecule has 0 bridgehead atoms. The largest absolute Gasteiger partial charge is 0.324 e. The molecule has 0 heterocycles. The molecule has 0 amide bonds. The zero-order chi connectivity index (χ0) is 10.8. The minimum Gasteiger partial charge on any atom is -0.324 e. The van der Waals surface area contributed by atoms with Crippen molar-refractivity contribution in [3.05, 3.63) is 36.0 Å². The Labute approximate surface area is 87.4 Å². The van der Waals surface area contributed by atoms with Crippen molar-refractivity contribution in [2.75, 3.05) is 0 Å². The summed E-state index contributed by atoms with van der Waals surface area (Å²) < 4.78 is 0. The third kappa shape index (κ3) is 2.85. The monoisotopic (exact) mass is 191 g/mol. The van der Waals surface area contributed by atoms with Crippen molar-refractivity contribution in [3.8, 4) is 0 Å². The normalized spacial score (nSPS) is 28.4. The smallest absolute Gasteiger partial charge is 0.0256 e. The molecule has 2 atom stereocenters. The Kier molecular flexibility index (Phi) is 3.33. The molecule has 0 aromatic heterocycles. The van der Waals surface area contributed by atoms with E-state index in [0.29, 0.717) is 0 Å². The summed E-state index contributed by atoms with van der Waals surface area (Å²) in [5.41, 5.74) is 8.66. The lowest BCUT2D eigenvalue weighted by Crippen LogP contribution is -2.29. The van der Waals surface area contributed by atoms with E-state index in [9.17, 15) is 0 Å². The Morgan fingerprint density at radius 2 is 2.36 bits per heavy atom. The van der Waals surface area contributed by atoms with Gasteiger partial charge >= 0.3 is 0 Å². The second-order valence-corrected chi connectivity index (χ2v) is 4.81. The maximum Gasteiger partial charge on any atom is 0.0256 e. The van der Waals surface area contributed by atoms with Gasteiger partial charge < -0.3 is 5.73 Å². The minimum atomic E-state index is 0.121. The van der Waals surface area contributed by atoms with Crippen molar-refractivity contribution in [2.45, 2.75) is 39.7 Å². The van der Waals surface area contributed by atoms with Gasteiger partial charge in [0.25, 0.3) is 0 Å². The van der Waals surface area contributed by atoms with Crippen LogP contribution in [-0.4, -0.2) is 6.04 Å². The summed E-state index contributed by atoms with van der Waals surface area (Å²) >= 11 is 0. The average Bonchev–Trinajstić information content (AvgIpc) is 2.02. The van der Waals surface area contributed by atoms with Crippen molar-refractivity contribution >= 4 is 0 Å². The Bertz CT molecular complexity index is 286. The highest BCUT2D eigenvalue weighted by Gasteiger charge is 2.25. The van der Waals surface area contributed by atoms with Crippen molar-refractivity contribution < 1.29 is 0 Å². The Morgan fingerprint density at radius 3 is 2.86 bits per heavy atom. The summed E-state index contributed by atoms with van der Waals surface area (Å²) in [6.07, 6.45) is 8.82. The maximum atomic E-state index is 6.03. The van der Waals surface area contributed by atoms with Crippen LogP contribution in [0.4, 0.5) is 0 Å². The lowest BCUT2D eigenvalue weighted by molar-refractivity contribution is 0.368. The third-order valence-electron chi connectivity index (χ3n) is 2.86. The number of hydrogen-bond acceptors (Lipinski definition) is 1. The standard InChI is InChI=1S/C13H21N/c1-10(2)12(14)9-13(4)7-5-6-11(3)8-13/h5-6,8,12H,1,7,9,14H2,2-4H3. The maximum absolute atomic E-state index is 6.03. The van der Waals surface area contributed by atoms with E-state index in [1.807, 2.05) is 6.92 Å². The molecule has 0 saturated carbocycles. The molecule has 1 aliphatic rings. The first kappa shape index (κ1) is 11.3. The van der Waals surface area contributed by atoms with Gasteiger partial charge in [-0.3, -0.25) is 0 Å². The molecule has 1 aliphatic carbocycles. The van der Waals surface area contributed by atoms with Gasteiger partial charge in [-0.25, -0.2) is 0 Å². The topological polar surface area (TPSA) is 26.0 Å². The second-order valence-electron chi connectivity index (χ2n) is 4.81. The van der Waals surface area contributed by atoms with E-state index in [0.717, 1.165) is 18.4 Å². The molecule has 0 aliphatic heterocycles.